The summed E-state index contributed by atoms with van der Waals surface area (Å²) in [5.74, 6) is 1.07. The van der Waals surface area contributed by atoms with E-state index in [1.54, 1.807) is 0 Å². The van der Waals surface area contributed by atoms with Gasteiger partial charge in [-0.1, -0.05) is 31.2 Å². The molecule has 18 heavy (non-hydrogen) atoms. The normalized spacial score (nSPS) is 12.6. The Kier molecular flexibility index (Phi) is 4.15. The number of aryl methyl sites for hydroxylation is 2. The van der Waals surface area contributed by atoms with Gasteiger partial charge in [0.15, 0.2) is 0 Å². The van der Waals surface area contributed by atoms with Gasteiger partial charge >= 0.3 is 0 Å². The number of nitrogens with one attached hydrogen (secondary N) is 1. The largest absolute Gasteiger partial charge is 0.337 e. The molecule has 96 valence electrons. The summed E-state index contributed by atoms with van der Waals surface area (Å²) in [5, 5.41) is 3.50. The average molecular weight is 243 g/mol. The molecular weight excluding hydrogens is 222 g/mol. The minimum atomic E-state index is 0.260. The maximum absolute atomic E-state index is 4.36. The first-order chi connectivity index (χ1) is 8.70. The van der Waals surface area contributed by atoms with Gasteiger partial charge in [-0.25, -0.2) is 4.98 Å². The van der Waals surface area contributed by atoms with Crippen molar-refractivity contribution in [2.45, 2.75) is 32.9 Å². The van der Waals surface area contributed by atoms with Crippen molar-refractivity contribution in [1.29, 1.82) is 0 Å². The fraction of sp³-hybridized carbons (Fsp3) is 0.400. The van der Waals surface area contributed by atoms with Crippen LogP contribution in [-0.2, 0) is 20.0 Å². The summed E-state index contributed by atoms with van der Waals surface area (Å²) in [4.78, 5) is 4.36. The Morgan fingerprint density at radius 2 is 1.89 bits per heavy atom. The molecule has 0 saturated carbocycles. The molecule has 3 heteroatoms. The van der Waals surface area contributed by atoms with E-state index in [-0.39, 0.29) is 6.04 Å². The molecule has 0 amide bonds. The standard InChI is InChI=1S/C15H21N3/c1-4-13-5-7-14(8-6-13)11-17-12(2)15-16-9-10-18(15)3/h5-10,12,17H,4,11H2,1-3H3. The summed E-state index contributed by atoms with van der Waals surface area (Å²) < 4.78 is 2.05. The maximum Gasteiger partial charge on any atom is 0.125 e. The number of rotatable bonds is 5. The van der Waals surface area contributed by atoms with Gasteiger partial charge < -0.3 is 9.88 Å². The van der Waals surface area contributed by atoms with E-state index in [1.807, 2.05) is 19.4 Å². The third-order valence-corrected chi connectivity index (χ3v) is 3.29. The quantitative estimate of drug-likeness (QED) is 0.875. The Bertz CT molecular complexity index is 485. The Hall–Kier alpha value is -1.61. The lowest BCUT2D eigenvalue weighted by Gasteiger charge is -2.13. The summed E-state index contributed by atoms with van der Waals surface area (Å²) in [5.41, 5.74) is 2.70. The number of imidazole rings is 1. The lowest BCUT2D eigenvalue weighted by Crippen LogP contribution is -2.21. The molecule has 0 spiro atoms. The van der Waals surface area contributed by atoms with Crippen LogP contribution in [0.4, 0.5) is 0 Å². The molecule has 1 N–H and O–H groups in total. The summed E-state index contributed by atoms with van der Waals surface area (Å²) in [7, 11) is 2.02. The molecule has 0 radical (unpaired) electrons. The first-order valence-electron chi connectivity index (χ1n) is 6.49. The van der Waals surface area contributed by atoms with Crippen LogP contribution >= 0.6 is 0 Å². The molecule has 0 aliphatic heterocycles. The van der Waals surface area contributed by atoms with E-state index < -0.39 is 0 Å². The van der Waals surface area contributed by atoms with Crippen LogP contribution in [0.25, 0.3) is 0 Å². The number of hydrogen-bond acceptors (Lipinski definition) is 2. The first kappa shape index (κ1) is 12.8. The molecule has 0 bridgehead atoms. The molecule has 0 saturated heterocycles. The van der Waals surface area contributed by atoms with Crippen LogP contribution in [0.5, 0.6) is 0 Å². The SMILES string of the molecule is CCc1ccc(CNC(C)c2nccn2C)cc1. The van der Waals surface area contributed by atoms with Crippen LogP contribution in [-0.4, -0.2) is 9.55 Å². The lowest BCUT2D eigenvalue weighted by molar-refractivity contribution is 0.530. The molecule has 2 rings (SSSR count). The highest BCUT2D eigenvalue weighted by Gasteiger charge is 2.08. The molecule has 1 unspecified atom stereocenters. The fourth-order valence-corrected chi connectivity index (χ4v) is 2.05. The number of benzene rings is 1. The predicted octanol–water partition coefficient (Wildman–Crippen LogP) is 2.83. The Morgan fingerprint density at radius 3 is 2.44 bits per heavy atom. The van der Waals surface area contributed by atoms with Crippen molar-refractivity contribution in [3.05, 3.63) is 53.6 Å². The van der Waals surface area contributed by atoms with Gasteiger partial charge in [0.25, 0.3) is 0 Å². The molecular formula is C15H21N3. The van der Waals surface area contributed by atoms with Crippen molar-refractivity contribution in [1.82, 2.24) is 14.9 Å². The summed E-state index contributed by atoms with van der Waals surface area (Å²) in [6, 6.07) is 9.04. The van der Waals surface area contributed by atoms with Gasteiger partial charge in [0, 0.05) is 26.0 Å². The van der Waals surface area contributed by atoms with Crippen molar-refractivity contribution in [2.75, 3.05) is 0 Å². The number of aromatic nitrogens is 2. The Balaban J connectivity index is 1.93. The van der Waals surface area contributed by atoms with Crippen molar-refractivity contribution in [3.8, 4) is 0 Å². The summed E-state index contributed by atoms with van der Waals surface area (Å²) >= 11 is 0. The van der Waals surface area contributed by atoms with Crippen LogP contribution in [0.15, 0.2) is 36.7 Å². The molecule has 1 aromatic carbocycles. The van der Waals surface area contributed by atoms with Crippen LogP contribution in [0.2, 0.25) is 0 Å². The first-order valence-corrected chi connectivity index (χ1v) is 6.49. The topological polar surface area (TPSA) is 29.9 Å². The Labute approximate surface area is 109 Å². The highest BCUT2D eigenvalue weighted by Crippen LogP contribution is 2.10. The van der Waals surface area contributed by atoms with Crippen molar-refractivity contribution in [2.24, 2.45) is 7.05 Å². The smallest absolute Gasteiger partial charge is 0.125 e. The molecule has 3 nitrogen and oxygen atoms in total. The number of hydrogen-bond donors (Lipinski definition) is 1. The van der Waals surface area contributed by atoms with Crippen molar-refractivity contribution in [3.63, 3.8) is 0 Å². The fourth-order valence-electron chi connectivity index (χ4n) is 2.05. The van der Waals surface area contributed by atoms with Crippen LogP contribution in [0.1, 0.15) is 36.8 Å². The van der Waals surface area contributed by atoms with E-state index in [4.69, 9.17) is 0 Å². The predicted molar refractivity (Wildman–Crippen MR) is 74.3 cm³/mol. The van der Waals surface area contributed by atoms with Crippen LogP contribution < -0.4 is 5.32 Å². The van der Waals surface area contributed by atoms with Gasteiger partial charge in [0.2, 0.25) is 0 Å². The lowest BCUT2D eigenvalue weighted by atomic mass is 10.1. The van der Waals surface area contributed by atoms with Gasteiger partial charge in [-0.2, -0.15) is 0 Å². The molecule has 1 atom stereocenters. The minimum absolute atomic E-state index is 0.260. The molecule has 0 aliphatic rings. The molecule has 1 aromatic heterocycles. The second-order valence-electron chi connectivity index (χ2n) is 4.67. The van der Waals surface area contributed by atoms with Gasteiger partial charge in [-0.15, -0.1) is 0 Å². The third-order valence-electron chi connectivity index (χ3n) is 3.29. The van der Waals surface area contributed by atoms with Crippen LogP contribution in [0.3, 0.4) is 0 Å². The maximum atomic E-state index is 4.36. The van der Waals surface area contributed by atoms with Gasteiger partial charge in [0.05, 0.1) is 6.04 Å². The number of nitrogens with zero attached hydrogens (tertiary/aromatic N) is 2. The zero-order chi connectivity index (χ0) is 13.0. The Morgan fingerprint density at radius 1 is 1.22 bits per heavy atom. The monoisotopic (exact) mass is 243 g/mol. The zero-order valence-electron chi connectivity index (χ0n) is 11.4. The second kappa shape index (κ2) is 5.83. The van der Waals surface area contributed by atoms with E-state index in [0.717, 1.165) is 18.8 Å². The van der Waals surface area contributed by atoms with E-state index in [0.29, 0.717) is 0 Å². The molecule has 0 fully saturated rings. The van der Waals surface area contributed by atoms with E-state index in [9.17, 15) is 0 Å². The summed E-state index contributed by atoms with van der Waals surface area (Å²) in [6.07, 6.45) is 4.91. The van der Waals surface area contributed by atoms with Gasteiger partial charge in [0.1, 0.15) is 5.82 Å². The zero-order valence-corrected chi connectivity index (χ0v) is 11.4. The van der Waals surface area contributed by atoms with E-state index in [2.05, 4.69) is 53.0 Å². The highest BCUT2D eigenvalue weighted by molar-refractivity contribution is 5.22. The molecule has 2 aromatic rings. The average Bonchev–Trinajstić information content (AvgIpc) is 2.83. The van der Waals surface area contributed by atoms with Gasteiger partial charge in [-0.05, 0) is 24.5 Å². The summed E-state index contributed by atoms with van der Waals surface area (Å²) in [6.45, 7) is 5.19. The minimum Gasteiger partial charge on any atom is -0.337 e. The van der Waals surface area contributed by atoms with Gasteiger partial charge in [-0.3, -0.25) is 0 Å². The van der Waals surface area contributed by atoms with E-state index in [1.165, 1.54) is 11.1 Å². The highest BCUT2D eigenvalue weighted by atomic mass is 15.1. The van der Waals surface area contributed by atoms with Crippen LogP contribution in [0, 0.1) is 0 Å². The second-order valence-corrected chi connectivity index (χ2v) is 4.67. The van der Waals surface area contributed by atoms with Crippen molar-refractivity contribution < 1.29 is 0 Å². The van der Waals surface area contributed by atoms with Crippen molar-refractivity contribution >= 4 is 0 Å². The third kappa shape index (κ3) is 2.99. The molecule has 0 aliphatic carbocycles. The van der Waals surface area contributed by atoms with E-state index >= 15 is 0 Å². The molecule has 1 heterocycles.